The SMILES string of the molecule is CC(=O)c1nn(CC(=O)N2[C@@H]3S[C@@H]3C[C@H]2C(=O)Nc2cccc(-c3ccc4[nH]cnc4c3Cl)c2F)c2ccccc12. The highest BCUT2D eigenvalue weighted by atomic mass is 35.5. The maximum Gasteiger partial charge on any atom is 0.247 e. The third-order valence-corrected chi connectivity index (χ3v) is 9.27. The number of halogens is 2. The first-order valence-electron chi connectivity index (χ1n) is 13.0. The Bertz CT molecular complexity index is 1900. The van der Waals surface area contributed by atoms with Crippen LogP contribution in [0, 0.1) is 5.82 Å². The van der Waals surface area contributed by atoms with E-state index in [4.69, 9.17) is 11.6 Å². The van der Waals surface area contributed by atoms with Gasteiger partial charge in [-0.2, -0.15) is 5.10 Å². The van der Waals surface area contributed by atoms with Gasteiger partial charge in [0.05, 0.1) is 33.4 Å². The molecule has 2 N–H and O–H groups in total. The molecule has 0 unspecified atom stereocenters. The van der Waals surface area contributed by atoms with E-state index in [0.717, 1.165) is 5.52 Å². The van der Waals surface area contributed by atoms with E-state index in [1.807, 2.05) is 12.1 Å². The van der Waals surface area contributed by atoms with Crippen molar-refractivity contribution in [1.29, 1.82) is 0 Å². The van der Waals surface area contributed by atoms with E-state index in [1.165, 1.54) is 24.0 Å². The molecule has 2 aliphatic rings. The topological polar surface area (TPSA) is 113 Å². The number of H-pyrrole nitrogens is 1. The largest absolute Gasteiger partial charge is 0.345 e. The number of hydrogen-bond acceptors (Lipinski definition) is 6. The van der Waals surface area contributed by atoms with Crippen molar-refractivity contribution in [2.45, 2.75) is 36.6 Å². The molecule has 0 aliphatic carbocycles. The van der Waals surface area contributed by atoms with Gasteiger partial charge in [-0.05, 0) is 24.6 Å². The van der Waals surface area contributed by atoms with Gasteiger partial charge in [-0.1, -0.05) is 48.0 Å². The third-order valence-electron chi connectivity index (χ3n) is 7.56. The fraction of sp³-hybridized carbons (Fsp3) is 0.207. The molecule has 12 heteroatoms. The van der Waals surface area contributed by atoms with Gasteiger partial charge in [0, 0.05) is 28.7 Å². The van der Waals surface area contributed by atoms with Gasteiger partial charge in [0.2, 0.25) is 11.8 Å². The predicted molar refractivity (Wildman–Crippen MR) is 155 cm³/mol. The quantitative estimate of drug-likeness (QED) is 0.207. The highest BCUT2D eigenvalue weighted by Gasteiger charge is 2.57. The Morgan fingerprint density at radius 1 is 1.12 bits per heavy atom. The lowest BCUT2D eigenvalue weighted by atomic mass is 10.0. The smallest absolute Gasteiger partial charge is 0.247 e. The molecule has 7 rings (SSSR count). The van der Waals surface area contributed by atoms with Crippen LogP contribution in [-0.4, -0.2) is 58.9 Å². The molecule has 9 nitrogen and oxygen atoms in total. The number of anilines is 1. The number of hydrogen-bond donors (Lipinski definition) is 2. The Morgan fingerprint density at radius 3 is 2.78 bits per heavy atom. The number of imidazole rings is 1. The molecule has 4 heterocycles. The number of ketones is 1. The second-order valence-electron chi connectivity index (χ2n) is 10.1. The number of para-hydroxylation sites is 1. The summed E-state index contributed by atoms with van der Waals surface area (Å²) in [6.07, 6.45) is 1.98. The molecule has 2 amide bonds. The zero-order chi connectivity index (χ0) is 28.4. The van der Waals surface area contributed by atoms with Crippen LogP contribution in [-0.2, 0) is 16.1 Å². The predicted octanol–water partition coefficient (Wildman–Crippen LogP) is 5.26. The van der Waals surface area contributed by atoms with Crippen molar-refractivity contribution in [3.05, 3.63) is 77.5 Å². The summed E-state index contributed by atoms with van der Waals surface area (Å²) in [4.78, 5) is 47.9. The van der Waals surface area contributed by atoms with Gasteiger partial charge in [-0.3, -0.25) is 19.1 Å². The van der Waals surface area contributed by atoms with Gasteiger partial charge in [0.25, 0.3) is 0 Å². The van der Waals surface area contributed by atoms with Crippen molar-refractivity contribution in [3.63, 3.8) is 0 Å². The maximum absolute atomic E-state index is 15.7. The lowest BCUT2D eigenvalue weighted by molar-refractivity contribution is -0.137. The maximum atomic E-state index is 15.7. The lowest BCUT2D eigenvalue weighted by Gasteiger charge is -2.26. The van der Waals surface area contributed by atoms with Crippen LogP contribution in [0.25, 0.3) is 33.1 Å². The van der Waals surface area contributed by atoms with Crippen LogP contribution < -0.4 is 5.32 Å². The molecule has 0 spiro atoms. The minimum atomic E-state index is -0.764. The number of aromatic nitrogens is 4. The molecule has 0 bridgehead atoms. The second-order valence-corrected chi connectivity index (χ2v) is 11.8. The van der Waals surface area contributed by atoms with Crippen molar-refractivity contribution in [2.75, 3.05) is 5.32 Å². The number of nitrogens with one attached hydrogen (secondary N) is 2. The van der Waals surface area contributed by atoms with Crippen LogP contribution in [0.1, 0.15) is 23.8 Å². The second kappa shape index (κ2) is 9.71. The van der Waals surface area contributed by atoms with Crippen LogP contribution in [0.5, 0.6) is 0 Å². The first kappa shape index (κ1) is 25.7. The molecule has 2 fully saturated rings. The standard InChI is InChI=1S/C29H22ClFN6O3S/c1-14(38)26-17-5-2-3-8-20(17)36(35-26)12-23(39)37-21(11-22-29(37)41-22)28(40)34-18-7-4-6-16(25(18)31)15-9-10-19-27(24(15)30)33-13-32-19/h2-10,13,21-22,29H,11-12H2,1H3,(H,32,33)(H,34,40)/t21-,22+,29+/m0/s1. The molecule has 3 aromatic carbocycles. The Morgan fingerprint density at radius 2 is 1.95 bits per heavy atom. The van der Waals surface area contributed by atoms with E-state index in [9.17, 15) is 14.4 Å². The summed E-state index contributed by atoms with van der Waals surface area (Å²) in [6, 6.07) is 14.6. The van der Waals surface area contributed by atoms with E-state index >= 15 is 4.39 Å². The number of carbonyl (C=O) groups is 3. The summed E-state index contributed by atoms with van der Waals surface area (Å²) in [5.41, 5.74) is 2.88. The van der Waals surface area contributed by atoms with Gasteiger partial charge in [-0.25, -0.2) is 9.37 Å². The highest BCUT2D eigenvalue weighted by molar-refractivity contribution is 8.07. The third kappa shape index (κ3) is 4.27. The summed E-state index contributed by atoms with van der Waals surface area (Å²) < 4.78 is 17.2. The van der Waals surface area contributed by atoms with Gasteiger partial charge in [0.15, 0.2) is 11.6 Å². The summed E-state index contributed by atoms with van der Waals surface area (Å²) in [5.74, 6) is -1.59. The van der Waals surface area contributed by atoms with Crippen LogP contribution in [0.2, 0.25) is 5.02 Å². The summed E-state index contributed by atoms with van der Waals surface area (Å²) in [7, 11) is 0. The summed E-state index contributed by atoms with van der Waals surface area (Å²) in [6.45, 7) is 1.31. The number of benzene rings is 3. The summed E-state index contributed by atoms with van der Waals surface area (Å²) >= 11 is 8.16. The first-order valence-corrected chi connectivity index (χ1v) is 14.3. The Kier molecular flexibility index (Phi) is 6.09. The molecule has 41 heavy (non-hydrogen) atoms. The van der Waals surface area contributed by atoms with E-state index in [1.54, 1.807) is 53.1 Å². The average molecular weight is 589 g/mol. The minimum Gasteiger partial charge on any atom is -0.345 e. The lowest BCUT2D eigenvalue weighted by Crippen LogP contribution is -2.46. The summed E-state index contributed by atoms with van der Waals surface area (Å²) in [5, 5.41) is 8.09. The molecule has 5 aromatic rings. The van der Waals surface area contributed by atoms with Gasteiger partial charge in [0.1, 0.15) is 23.8 Å². The number of amides is 2. The average Bonchev–Trinajstić information content (AvgIpc) is 3.29. The van der Waals surface area contributed by atoms with Gasteiger partial charge in [-0.15, -0.1) is 11.8 Å². The zero-order valence-corrected chi connectivity index (χ0v) is 23.2. The van der Waals surface area contributed by atoms with Crippen LogP contribution in [0.4, 0.5) is 10.1 Å². The van der Waals surface area contributed by atoms with Crippen LogP contribution in [0.3, 0.4) is 0 Å². The molecule has 0 saturated carbocycles. The zero-order valence-electron chi connectivity index (χ0n) is 21.6. The van der Waals surface area contributed by atoms with Gasteiger partial charge < -0.3 is 15.2 Å². The van der Waals surface area contributed by atoms with E-state index in [2.05, 4.69) is 20.4 Å². The van der Waals surface area contributed by atoms with E-state index in [-0.39, 0.29) is 40.1 Å². The van der Waals surface area contributed by atoms with Crippen molar-refractivity contribution in [1.82, 2.24) is 24.6 Å². The molecular formula is C29H22ClFN6O3S. The molecule has 3 atom stereocenters. The Labute approximate surface area is 242 Å². The minimum absolute atomic E-state index is 0.00418. The fourth-order valence-corrected chi connectivity index (χ4v) is 7.08. The molecule has 2 aromatic heterocycles. The monoisotopic (exact) mass is 588 g/mol. The highest BCUT2D eigenvalue weighted by Crippen LogP contribution is 2.53. The normalized spacial score (nSPS) is 19.5. The Hall–Kier alpha value is -4.22. The number of Topliss-reactive ketones (excluding diaryl/α,β-unsaturated/α-hetero) is 1. The fourth-order valence-electron chi connectivity index (χ4n) is 5.56. The number of rotatable bonds is 6. The van der Waals surface area contributed by atoms with Crippen molar-refractivity contribution < 1.29 is 18.8 Å². The van der Waals surface area contributed by atoms with Gasteiger partial charge >= 0.3 is 0 Å². The van der Waals surface area contributed by atoms with E-state index in [0.29, 0.717) is 39.1 Å². The number of thioether (sulfide) groups is 1. The van der Waals surface area contributed by atoms with Crippen molar-refractivity contribution in [3.8, 4) is 11.1 Å². The first-order chi connectivity index (χ1) is 19.8. The number of aromatic amines is 1. The number of fused-ring (bicyclic) bond motifs is 3. The number of likely N-dealkylation sites (tertiary alicyclic amines) is 1. The number of nitrogens with zero attached hydrogens (tertiary/aromatic N) is 4. The van der Waals surface area contributed by atoms with Crippen molar-refractivity contribution in [2.24, 2.45) is 0 Å². The van der Waals surface area contributed by atoms with E-state index < -0.39 is 17.8 Å². The molecule has 2 saturated heterocycles. The number of carbonyl (C=O) groups excluding carboxylic acids is 3. The molecular weight excluding hydrogens is 567 g/mol. The molecule has 2 aliphatic heterocycles. The van der Waals surface area contributed by atoms with Crippen LogP contribution in [0.15, 0.2) is 60.9 Å². The molecule has 206 valence electrons. The van der Waals surface area contributed by atoms with Crippen LogP contribution >= 0.6 is 23.4 Å². The Balaban J connectivity index is 1.14. The molecule has 0 radical (unpaired) electrons. The van der Waals surface area contributed by atoms with Crippen molar-refractivity contribution >= 4 is 68.6 Å².